The van der Waals surface area contributed by atoms with Crippen LogP contribution in [0, 0.1) is 24.2 Å². The average molecular weight is 552 g/mol. The van der Waals surface area contributed by atoms with Crippen molar-refractivity contribution in [2.24, 2.45) is 17.3 Å². The minimum absolute atomic E-state index is 0.0428. The topological polar surface area (TPSA) is 69.6 Å². The van der Waals surface area contributed by atoms with E-state index in [2.05, 4.69) is 35.6 Å². The molecule has 3 atom stereocenters. The van der Waals surface area contributed by atoms with Crippen molar-refractivity contribution in [1.82, 2.24) is 24.7 Å². The van der Waals surface area contributed by atoms with Gasteiger partial charge in [-0.25, -0.2) is 9.97 Å². The van der Waals surface area contributed by atoms with Crippen LogP contribution in [0.15, 0.2) is 24.5 Å². The van der Waals surface area contributed by atoms with Gasteiger partial charge in [-0.05, 0) is 55.1 Å². The van der Waals surface area contributed by atoms with Gasteiger partial charge in [-0.15, -0.1) is 11.3 Å². The molecule has 2 aromatic heterocycles. The van der Waals surface area contributed by atoms with Gasteiger partial charge in [-0.1, -0.05) is 32.4 Å². The van der Waals surface area contributed by atoms with Crippen molar-refractivity contribution < 1.29 is 9.59 Å². The number of halogens is 1. The number of imide groups is 1. The fraction of sp³-hybridized carbons (Fsp3) is 0.517. The lowest BCUT2D eigenvalue weighted by atomic mass is 9.97. The number of aromatic nitrogens is 2. The van der Waals surface area contributed by atoms with Crippen LogP contribution in [-0.4, -0.2) is 68.7 Å². The second kappa shape index (κ2) is 9.37. The Bertz CT molecular complexity index is 1430. The lowest BCUT2D eigenvalue weighted by molar-refractivity contribution is -0.143. The van der Waals surface area contributed by atoms with Gasteiger partial charge in [-0.2, -0.15) is 0 Å². The molecule has 1 saturated carbocycles. The molecule has 2 saturated heterocycles. The second-order valence-electron chi connectivity index (χ2n) is 11.7. The van der Waals surface area contributed by atoms with Crippen molar-refractivity contribution in [1.29, 1.82) is 0 Å². The SMILES string of the molecule is CCN1CCN(Cc2c(C)cc(Cl)cc2-c2ncnc3cc(CN4C(=O)C5C(C4=O)C5(C)C)sc23)[C@@H](C)C1. The molecule has 1 aliphatic carbocycles. The maximum atomic E-state index is 12.9. The van der Waals surface area contributed by atoms with Crippen LogP contribution in [0.2, 0.25) is 5.02 Å². The molecule has 3 fully saturated rings. The smallest absolute Gasteiger partial charge is 0.234 e. The summed E-state index contributed by atoms with van der Waals surface area (Å²) in [6.07, 6.45) is 1.60. The number of hydrogen-bond acceptors (Lipinski definition) is 7. The number of rotatable bonds is 6. The molecule has 38 heavy (non-hydrogen) atoms. The summed E-state index contributed by atoms with van der Waals surface area (Å²) in [5, 5.41) is 0.684. The molecule has 6 rings (SSSR count). The normalized spacial score (nSPS) is 25.4. The van der Waals surface area contributed by atoms with Gasteiger partial charge in [-0.3, -0.25) is 19.4 Å². The number of thiophene rings is 1. The van der Waals surface area contributed by atoms with Gasteiger partial charge >= 0.3 is 0 Å². The number of hydrogen-bond donors (Lipinski definition) is 0. The van der Waals surface area contributed by atoms with Crippen LogP contribution in [-0.2, 0) is 22.7 Å². The standard InChI is InChI=1S/C29H34ClN5O2S/c1-6-33-7-8-34(17(3)12-33)14-21-16(2)9-18(30)10-20(21)25-26-22(31-15-32-25)11-19(38-26)13-35-27(36)23-24(28(35)37)29(23,4)5/h9-11,15,17,23-24H,6-8,12-14H2,1-5H3/t17-,23?,24?/m0/s1. The first kappa shape index (κ1) is 25.9. The zero-order chi connectivity index (χ0) is 26.9. The molecule has 0 spiro atoms. The minimum atomic E-state index is -0.203. The Morgan fingerprint density at radius 2 is 1.82 bits per heavy atom. The molecule has 0 N–H and O–H groups in total. The number of piperidine rings is 1. The summed E-state index contributed by atoms with van der Waals surface area (Å²) in [4.78, 5) is 42.5. The minimum Gasteiger partial charge on any atom is -0.301 e. The lowest BCUT2D eigenvalue weighted by Crippen LogP contribution is -2.51. The number of carbonyl (C=O) groups is 2. The largest absolute Gasteiger partial charge is 0.301 e. The lowest BCUT2D eigenvalue weighted by Gasteiger charge is -2.40. The van der Waals surface area contributed by atoms with Gasteiger partial charge in [0.05, 0.1) is 34.3 Å². The third-order valence-electron chi connectivity index (χ3n) is 8.92. The first-order valence-corrected chi connectivity index (χ1v) is 14.6. The van der Waals surface area contributed by atoms with E-state index in [9.17, 15) is 9.59 Å². The molecule has 2 amide bonds. The molecule has 0 bridgehead atoms. The van der Waals surface area contributed by atoms with E-state index < -0.39 is 0 Å². The van der Waals surface area contributed by atoms with Gasteiger partial charge in [0.2, 0.25) is 11.8 Å². The summed E-state index contributed by atoms with van der Waals surface area (Å²) in [5.74, 6) is -0.422. The summed E-state index contributed by atoms with van der Waals surface area (Å²) in [7, 11) is 0. The van der Waals surface area contributed by atoms with Gasteiger partial charge in [0, 0.05) is 47.7 Å². The van der Waals surface area contributed by atoms with E-state index >= 15 is 0 Å². The molecule has 2 aliphatic heterocycles. The maximum Gasteiger partial charge on any atom is 0.234 e. The third-order valence-corrected chi connectivity index (χ3v) is 10.3. The van der Waals surface area contributed by atoms with E-state index in [-0.39, 0.29) is 29.1 Å². The van der Waals surface area contributed by atoms with E-state index in [1.807, 2.05) is 32.0 Å². The molecule has 0 radical (unpaired) electrons. The predicted octanol–water partition coefficient (Wildman–Crippen LogP) is 4.99. The van der Waals surface area contributed by atoms with Gasteiger partial charge in [0.1, 0.15) is 6.33 Å². The highest BCUT2D eigenvalue weighted by Crippen LogP contribution is 2.63. The average Bonchev–Trinajstić information content (AvgIpc) is 3.11. The Labute approximate surface area is 232 Å². The zero-order valence-electron chi connectivity index (χ0n) is 22.6. The zero-order valence-corrected chi connectivity index (χ0v) is 24.2. The van der Waals surface area contributed by atoms with Gasteiger partial charge in [0.25, 0.3) is 0 Å². The Balaban J connectivity index is 1.33. The van der Waals surface area contributed by atoms with Crippen molar-refractivity contribution in [3.63, 3.8) is 0 Å². The maximum absolute atomic E-state index is 12.9. The van der Waals surface area contributed by atoms with Crippen LogP contribution in [0.5, 0.6) is 0 Å². The van der Waals surface area contributed by atoms with Crippen molar-refractivity contribution in [3.05, 3.63) is 45.6 Å². The second-order valence-corrected chi connectivity index (χ2v) is 13.2. The van der Waals surface area contributed by atoms with Crippen molar-refractivity contribution in [3.8, 4) is 11.3 Å². The van der Waals surface area contributed by atoms with Crippen LogP contribution < -0.4 is 0 Å². The molecule has 3 aromatic rings. The van der Waals surface area contributed by atoms with Crippen molar-refractivity contribution in [2.45, 2.75) is 53.8 Å². The molecule has 7 nitrogen and oxygen atoms in total. The van der Waals surface area contributed by atoms with Crippen LogP contribution in [0.1, 0.15) is 43.7 Å². The van der Waals surface area contributed by atoms with Crippen molar-refractivity contribution >= 4 is 45.0 Å². The van der Waals surface area contributed by atoms with Crippen LogP contribution >= 0.6 is 22.9 Å². The third kappa shape index (κ3) is 4.17. The number of fused-ring (bicyclic) bond motifs is 2. The number of nitrogens with zero attached hydrogens (tertiary/aromatic N) is 5. The first-order valence-electron chi connectivity index (χ1n) is 13.4. The summed E-state index contributed by atoms with van der Waals surface area (Å²) in [6.45, 7) is 16.0. The summed E-state index contributed by atoms with van der Waals surface area (Å²) in [5.41, 5.74) is 4.88. The Hall–Kier alpha value is -2.39. The number of aryl methyl sites for hydroxylation is 1. The summed E-state index contributed by atoms with van der Waals surface area (Å²) in [6, 6.07) is 6.49. The summed E-state index contributed by atoms with van der Waals surface area (Å²) >= 11 is 8.14. The quantitative estimate of drug-likeness (QED) is 0.402. The van der Waals surface area contributed by atoms with Gasteiger partial charge < -0.3 is 4.90 Å². The molecule has 200 valence electrons. The van der Waals surface area contributed by atoms with E-state index in [4.69, 9.17) is 16.6 Å². The molecular weight excluding hydrogens is 518 g/mol. The van der Waals surface area contributed by atoms with Crippen molar-refractivity contribution in [2.75, 3.05) is 26.2 Å². The number of piperazine rings is 1. The number of likely N-dealkylation sites (tertiary alicyclic amines) is 1. The first-order chi connectivity index (χ1) is 18.1. The molecule has 2 unspecified atom stereocenters. The monoisotopic (exact) mass is 551 g/mol. The van der Waals surface area contributed by atoms with Gasteiger partial charge in [0.15, 0.2) is 0 Å². The number of benzene rings is 1. The Morgan fingerprint density at radius 1 is 1.08 bits per heavy atom. The van der Waals surface area contributed by atoms with E-state index in [0.717, 1.165) is 64.6 Å². The number of amides is 2. The molecule has 4 heterocycles. The fourth-order valence-corrected chi connectivity index (χ4v) is 7.85. The Kier molecular flexibility index (Phi) is 6.37. The number of likely N-dealkylation sites (N-methyl/N-ethyl adjacent to an activating group) is 1. The molecule has 9 heteroatoms. The highest BCUT2D eigenvalue weighted by atomic mass is 35.5. The van der Waals surface area contributed by atoms with E-state index in [0.29, 0.717) is 17.6 Å². The Morgan fingerprint density at radius 3 is 2.50 bits per heavy atom. The predicted molar refractivity (Wildman–Crippen MR) is 151 cm³/mol. The van der Waals surface area contributed by atoms with E-state index in [1.165, 1.54) is 10.5 Å². The fourth-order valence-electron chi connectivity index (χ4n) is 6.48. The highest BCUT2D eigenvalue weighted by Gasteiger charge is 2.72. The molecule has 1 aromatic carbocycles. The highest BCUT2D eigenvalue weighted by molar-refractivity contribution is 7.19. The van der Waals surface area contributed by atoms with E-state index in [1.54, 1.807) is 17.7 Å². The molecular formula is C29H34ClN5O2S. The van der Waals surface area contributed by atoms with Crippen LogP contribution in [0.4, 0.5) is 0 Å². The van der Waals surface area contributed by atoms with Crippen LogP contribution in [0.25, 0.3) is 21.5 Å². The number of carbonyl (C=O) groups excluding carboxylic acids is 2. The summed E-state index contributed by atoms with van der Waals surface area (Å²) < 4.78 is 0.957. The van der Waals surface area contributed by atoms with Crippen LogP contribution in [0.3, 0.4) is 0 Å². The molecule has 3 aliphatic rings.